The molecule has 0 amide bonds. The van der Waals surface area contributed by atoms with Gasteiger partial charge in [0.1, 0.15) is 0 Å². The van der Waals surface area contributed by atoms with Gasteiger partial charge in [-0.15, -0.1) is 0 Å². The highest BCUT2D eigenvalue weighted by molar-refractivity contribution is 5.80. The van der Waals surface area contributed by atoms with Crippen LogP contribution in [-0.2, 0) is 10.2 Å². The number of hydrogen-bond donors (Lipinski definition) is 3. The van der Waals surface area contributed by atoms with Gasteiger partial charge in [0.2, 0.25) is 0 Å². The van der Waals surface area contributed by atoms with E-state index in [1.54, 1.807) is 0 Å². The lowest BCUT2D eigenvalue weighted by molar-refractivity contribution is 0.131. The average molecular weight is 360 g/mol. The van der Waals surface area contributed by atoms with E-state index in [1.165, 1.54) is 24.0 Å². The Morgan fingerprint density at radius 2 is 2.04 bits per heavy atom. The highest BCUT2D eigenvalue weighted by atomic mass is 16.5. The molecule has 5 heteroatoms. The van der Waals surface area contributed by atoms with E-state index in [2.05, 4.69) is 48.7 Å². The van der Waals surface area contributed by atoms with Gasteiger partial charge in [-0.3, -0.25) is 4.99 Å². The van der Waals surface area contributed by atoms with Gasteiger partial charge in [0.05, 0.1) is 13.2 Å². The fraction of sp³-hybridized carbons (Fsp3) is 0.667. The Hall–Kier alpha value is -1.59. The molecule has 1 heterocycles. The molecule has 5 nitrogen and oxygen atoms in total. The fourth-order valence-electron chi connectivity index (χ4n) is 3.99. The molecule has 144 valence electrons. The van der Waals surface area contributed by atoms with Crippen LogP contribution in [0.15, 0.2) is 29.3 Å². The number of nitrogens with zero attached hydrogens (tertiary/aromatic N) is 1. The molecular weight excluding hydrogens is 326 g/mol. The number of aryl methyl sites for hydroxylation is 1. The van der Waals surface area contributed by atoms with E-state index >= 15 is 0 Å². The number of ether oxygens (including phenoxy) is 1. The largest absolute Gasteiger partial charge is 0.396 e. The molecule has 2 fully saturated rings. The Morgan fingerprint density at radius 1 is 1.23 bits per heavy atom. The van der Waals surface area contributed by atoms with E-state index < -0.39 is 0 Å². The number of aliphatic hydroxyl groups is 1. The van der Waals surface area contributed by atoms with E-state index in [4.69, 9.17) is 9.73 Å². The van der Waals surface area contributed by atoms with Crippen LogP contribution in [-0.4, -0.2) is 50.5 Å². The van der Waals surface area contributed by atoms with Gasteiger partial charge in [-0.1, -0.05) is 24.3 Å². The van der Waals surface area contributed by atoms with Crippen LogP contribution in [0.4, 0.5) is 0 Å². The molecule has 1 saturated heterocycles. The maximum absolute atomic E-state index is 9.40. The third kappa shape index (κ3) is 4.38. The first kappa shape index (κ1) is 19.2. The summed E-state index contributed by atoms with van der Waals surface area (Å²) in [6.45, 7) is 8.40. The van der Waals surface area contributed by atoms with Crippen LogP contribution >= 0.6 is 0 Å². The van der Waals surface area contributed by atoms with E-state index in [9.17, 15) is 5.11 Å². The van der Waals surface area contributed by atoms with Gasteiger partial charge in [-0.2, -0.15) is 0 Å². The third-order valence-electron chi connectivity index (χ3n) is 5.91. The maximum Gasteiger partial charge on any atom is 0.191 e. The number of nitrogens with one attached hydrogen (secondary N) is 2. The summed E-state index contributed by atoms with van der Waals surface area (Å²) in [6, 6.07) is 8.71. The quantitative estimate of drug-likeness (QED) is 0.492. The molecule has 26 heavy (non-hydrogen) atoms. The normalized spacial score (nSPS) is 24.5. The molecular formula is C21H33N3O2. The highest BCUT2D eigenvalue weighted by Gasteiger charge is 2.45. The van der Waals surface area contributed by atoms with Crippen molar-refractivity contribution in [1.82, 2.24) is 10.6 Å². The number of rotatable bonds is 8. The molecule has 1 unspecified atom stereocenters. The first-order chi connectivity index (χ1) is 12.6. The molecule has 2 aliphatic rings. The summed E-state index contributed by atoms with van der Waals surface area (Å²) in [6.07, 6.45) is 4.19. The van der Waals surface area contributed by atoms with Gasteiger partial charge in [0.15, 0.2) is 5.96 Å². The molecule has 1 aromatic rings. The fourth-order valence-corrected chi connectivity index (χ4v) is 3.99. The summed E-state index contributed by atoms with van der Waals surface area (Å²) in [4.78, 5) is 4.84. The van der Waals surface area contributed by atoms with Crippen LogP contribution in [0, 0.1) is 12.3 Å². The first-order valence-electron chi connectivity index (χ1n) is 9.90. The molecule has 1 aliphatic carbocycles. The summed E-state index contributed by atoms with van der Waals surface area (Å²) in [5.41, 5.74) is 3.08. The van der Waals surface area contributed by atoms with Crippen LogP contribution in [0.5, 0.6) is 0 Å². The predicted molar refractivity (Wildman–Crippen MR) is 106 cm³/mol. The first-order valence-corrected chi connectivity index (χ1v) is 9.90. The smallest absolute Gasteiger partial charge is 0.191 e. The van der Waals surface area contributed by atoms with Crippen LogP contribution in [0.2, 0.25) is 0 Å². The van der Waals surface area contributed by atoms with Crippen molar-refractivity contribution in [3.63, 3.8) is 0 Å². The summed E-state index contributed by atoms with van der Waals surface area (Å²) in [5, 5.41) is 16.3. The minimum atomic E-state index is -0.00954. The number of hydrogen-bond acceptors (Lipinski definition) is 3. The van der Waals surface area contributed by atoms with E-state index in [-0.39, 0.29) is 17.4 Å². The zero-order valence-electron chi connectivity index (χ0n) is 16.2. The predicted octanol–water partition coefficient (Wildman–Crippen LogP) is 2.37. The Balaban J connectivity index is 1.64. The monoisotopic (exact) mass is 359 g/mol. The van der Waals surface area contributed by atoms with Crippen molar-refractivity contribution in [1.29, 1.82) is 0 Å². The Labute approximate surface area is 157 Å². The third-order valence-corrected chi connectivity index (χ3v) is 5.91. The summed E-state index contributed by atoms with van der Waals surface area (Å²) < 4.78 is 5.58. The molecule has 1 atom stereocenters. The zero-order chi connectivity index (χ0) is 18.5. The van der Waals surface area contributed by atoms with Crippen LogP contribution in [0.25, 0.3) is 0 Å². The lowest BCUT2D eigenvalue weighted by Crippen LogP contribution is -2.42. The summed E-state index contributed by atoms with van der Waals surface area (Å²) in [5.74, 6) is 0.872. The molecule has 3 rings (SSSR count). The second-order valence-corrected chi connectivity index (χ2v) is 7.92. The molecule has 1 aromatic carbocycles. The number of aliphatic hydroxyl groups excluding tert-OH is 1. The molecule has 0 bridgehead atoms. The van der Waals surface area contributed by atoms with E-state index in [1.807, 2.05) is 0 Å². The van der Waals surface area contributed by atoms with Gasteiger partial charge in [0, 0.05) is 37.1 Å². The minimum absolute atomic E-state index is 0.00954. The van der Waals surface area contributed by atoms with Crippen molar-refractivity contribution in [3.8, 4) is 0 Å². The summed E-state index contributed by atoms with van der Waals surface area (Å²) in [7, 11) is 0. The Bertz CT molecular complexity index is 619. The average Bonchev–Trinajstić information content (AvgIpc) is 3.29. The van der Waals surface area contributed by atoms with E-state index in [0.717, 1.165) is 38.5 Å². The Kier molecular flexibility index (Phi) is 6.20. The van der Waals surface area contributed by atoms with Gasteiger partial charge in [-0.05, 0) is 50.7 Å². The maximum atomic E-state index is 9.40. The second kappa shape index (κ2) is 8.40. The van der Waals surface area contributed by atoms with Crippen molar-refractivity contribution in [2.24, 2.45) is 10.4 Å². The van der Waals surface area contributed by atoms with Crippen molar-refractivity contribution in [2.75, 3.05) is 39.5 Å². The van der Waals surface area contributed by atoms with Gasteiger partial charge < -0.3 is 20.5 Å². The Morgan fingerprint density at radius 3 is 2.65 bits per heavy atom. The zero-order valence-corrected chi connectivity index (χ0v) is 16.2. The summed E-state index contributed by atoms with van der Waals surface area (Å²) >= 11 is 0. The molecule has 1 aliphatic heterocycles. The lowest BCUT2D eigenvalue weighted by atomic mass is 9.84. The molecule has 0 aromatic heterocycles. The van der Waals surface area contributed by atoms with Crippen molar-refractivity contribution >= 4 is 5.96 Å². The van der Waals surface area contributed by atoms with Gasteiger partial charge in [0.25, 0.3) is 0 Å². The van der Waals surface area contributed by atoms with Crippen LogP contribution < -0.4 is 10.6 Å². The van der Waals surface area contributed by atoms with Gasteiger partial charge >= 0.3 is 0 Å². The van der Waals surface area contributed by atoms with Crippen LogP contribution in [0.1, 0.15) is 43.7 Å². The SMILES string of the molecule is CCNC(=NCC1(CCO)CCOC1)NCC1(c2ccccc2C)CC1. The van der Waals surface area contributed by atoms with E-state index in [0.29, 0.717) is 13.2 Å². The molecule has 3 N–H and O–H groups in total. The molecule has 0 spiro atoms. The minimum Gasteiger partial charge on any atom is -0.396 e. The number of aliphatic imine (C=N–C) groups is 1. The second-order valence-electron chi connectivity index (χ2n) is 7.92. The molecule has 0 radical (unpaired) electrons. The van der Waals surface area contributed by atoms with Crippen molar-refractivity contribution < 1.29 is 9.84 Å². The number of benzene rings is 1. The lowest BCUT2D eigenvalue weighted by Gasteiger charge is -2.25. The topological polar surface area (TPSA) is 65.9 Å². The van der Waals surface area contributed by atoms with Crippen LogP contribution in [0.3, 0.4) is 0 Å². The van der Waals surface area contributed by atoms with Gasteiger partial charge in [-0.25, -0.2) is 0 Å². The van der Waals surface area contributed by atoms with Crippen molar-refractivity contribution in [2.45, 2.75) is 44.9 Å². The highest BCUT2D eigenvalue weighted by Crippen LogP contribution is 2.48. The molecule has 1 saturated carbocycles. The standard InChI is InChI=1S/C21H33N3O2/c1-3-22-19(23-14-20(10-12-25)11-13-26-16-20)24-15-21(8-9-21)18-7-5-4-6-17(18)2/h4-7,25H,3,8-16H2,1-2H3,(H2,22,23,24). The van der Waals surface area contributed by atoms with Crippen molar-refractivity contribution in [3.05, 3.63) is 35.4 Å². The number of guanidine groups is 1.